The van der Waals surface area contributed by atoms with E-state index in [-0.39, 0.29) is 6.04 Å². The molecule has 88 valence electrons. The molecule has 0 radical (unpaired) electrons. The predicted octanol–water partition coefficient (Wildman–Crippen LogP) is 1.86. The van der Waals surface area contributed by atoms with Crippen LogP contribution in [-0.2, 0) is 0 Å². The molecule has 1 N–H and O–H groups in total. The Hall–Kier alpha value is -0.590. The molecule has 3 heteroatoms. The van der Waals surface area contributed by atoms with Crippen LogP contribution >= 0.6 is 0 Å². The highest BCUT2D eigenvalue weighted by Crippen LogP contribution is 2.01. The minimum atomic E-state index is 0.0106. The Morgan fingerprint density at radius 2 is 1.87 bits per heavy atom. The summed E-state index contributed by atoms with van der Waals surface area (Å²) in [5, 5.41) is 12.0. The highest BCUT2D eigenvalue weighted by atomic mass is 15.1. The van der Waals surface area contributed by atoms with Crippen molar-refractivity contribution in [2.24, 2.45) is 5.92 Å². The largest absolute Gasteiger partial charge is 0.306 e. The van der Waals surface area contributed by atoms with Crippen LogP contribution in [0.3, 0.4) is 0 Å². The molecule has 0 aliphatic rings. The summed E-state index contributed by atoms with van der Waals surface area (Å²) in [5.41, 5.74) is 0. The molecule has 0 saturated heterocycles. The number of rotatable bonds is 8. The van der Waals surface area contributed by atoms with Crippen molar-refractivity contribution in [2.45, 2.75) is 39.7 Å². The quantitative estimate of drug-likeness (QED) is 0.666. The lowest BCUT2D eigenvalue weighted by Gasteiger charge is -2.19. The lowest BCUT2D eigenvalue weighted by molar-refractivity contribution is 0.298. The Labute approximate surface area is 94.5 Å². The molecule has 0 aliphatic carbocycles. The van der Waals surface area contributed by atoms with Gasteiger partial charge in [0.05, 0.1) is 12.1 Å². The average Bonchev–Trinajstić information content (AvgIpc) is 2.21. The van der Waals surface area contributed by atoms with Crippen molar-refractivity contribution >= 4 is 0 Å². The van der Waals surface area contributed by atoms with E-state index in [0.717, 1.165) is 32.0 Å². The van der Waals surface area contributed by atoms with E-state index in [1.165, 1.54) is 6.42 Å². The van der Waals surface area contributed by atoms with E-state index in [2.05, 4.69) is 37.2 Å². The SMILES string of the molecule is CCNC(C#N)CCN(C)CCC(C)C. The maximum absolute atomic E-state index is 8.86. The molecular formula is C12H25N3. The Bertz CT molecular complexity index is 184. The number of nitriles is 1. The monoisotopic (exact) mass is 211 g/mol. The van der Waals surface area contributed by atoms with Crippen molar-refractivity contribution in [2.75, 3.05) is 26.7 Å². The third kappa shape index (κ3) is 8.41. The molecular weight excluding hydrogens is 186 g/mol. The maximum atomic E-state index is 8.86. The number of nitrogens with zero attached hydrogens (tertiary/aromatic N) is 2. The molecule has 0 aromatic heterocycles. The molecule has 0 aliphatic heterocycles. The van der Waals surface area contributed by atoms with Crippen molar-refractivity contribution in [1.29, 1.82) is 5.26 Å². The van der Waals surface area contributed by atoms with E-state index >= 15 is 0 Å². The van der Waals surface area contributed by atoms with Gasteiger partial charge in [0, 0.05) is 6.54 Å². The average molecular weight is 211 g/mol. The van der Waals surface area contributed by atoms with Crippen LogP contribution in [0.15, 0.2) is 0 Å². The lowest BCUT2D eigenvalue weighted by atomic mass is 10.1. The van der Waals surface area contributed by atoms with Crippen LogP contribution in [0.4, 0.5) is 0 Å². The molecule has 1 unspecified atom stereocenters. The first-order valence-electron chi connectivity index (χ1n) is 5.91. The topological polar surface area (TPSA) is 39.1 Å². The van der Waals surface area contributed by atoms with Gasteiger partial charge in [0.1, 0.15) is 0 Å². The third-order valence-electron chi connectivity index (χ3n) is 2.49. The summed E-state index contributed by atoms with van der Waals surface area (Å²) in [5.74, 6) is 0.757. The molecule has 15 heavy (non-hydrogen) atoms. The summed E-state index contributed by atoms with van der Waals surface area (Å²) in [6.45, 7) is 9.51. The van der Waals surface area contributed by atoms with E-state index in [1.807, 2.05) is 6.92 Å². The van der Waals surface area contributed by atoms with Crippen molar-refractivity contribution in [3.8, 4) is 6.07 Å². The summed E-state index contributed by atoms with van der Waals surface area (Å²) < 4.78 is 0. The maximum Gasteiger partial charge on any atom is 0.0965 e. The first-order chi connectivity index (χ1) is 7.10. The fourth-order valence-corrected chi connectivity index (χ4v) is 1.40. The fraction of sp³-hybridized carbons (Fsp3) is 0.917. The Kier molecular flexibility index (Phi) is 8.35. The molecule has 0 saturated carbocycles. The van der Waals surface area contributed by atoms with Crippen molar-refractivity contribution in [1.82, 2.24) is 10.2 Å². The van der Waals surface area contributed by atoms with E-state index in [1.54, 1.807) is 0 Å². The zero-order valence-electron chi connectivity index (χ0n) is 10.6. The van der Waals surface area contributed by atoms with Gasteiger partial charge in [0.15, 0.2) is 0 Å². The van der Waals surface area contributed by atoms with Crippen LogP contribution in [0.5, 0.6) is 0 Å². The first kappa shape index (κ1) is 14.4. The van der Waals surface area contributed by atoms with Gasteiger partial charge in [0.25, 0.3) is 0 Å². The van der Waals surface area contributed by atoms with Gasteiger partial charge in [-0.1, -0.05) is 20.8 Å². The van der Waals surface area contributed by atoms with Gasteiger partial charge < -0.3 is 10.2 Å². The van der Waals surface area contributed by atoms with Gasteiger partial charge in [-0.15, -0.1) is 0 Å². The van der Waals surface area contributed by atoms with Crippen LogP contribution in [0, 0.1) is 17.2 Å². The minimum Gasteiger partial charge on any atom is -0.306 e. The summed E-state index contributed by atoms with van der Waals surface area (Å²) in [6, 6.07) is 2.30. The van der Waals surface area contributed by atoms with Crippen LogP contribution in [0.2, 0.25) is 0 Å². The van der Waals surface area contributed by atoms with Gasteiger partial charge in [0.2, 0.25) is 0 Å². The Morgan fingerprint density at radius 3 is 2.33 bits per heavy atom. The molecule has 0 aromatic rings. The van der Waals surface area contributed by atoms with Crippen molar-refractivity contribution in [3.63, 3.8) is 0 Å². The summed E-state index contributed by atoms with van der Waals surface area (Å²) in [6.07, 6.45) is 2.15. The van der Waals surface area contributed by atoms with Crippen LogP contribution < -0.4 is 5.32 Å². The predicted molar refractivity (Wildman–Crippen MR) is 64.6 cm³/mol. The molecule has 3 nitrogen and oxygen atoms in total. The van der Waals surface area contributed by atoms with E-state index in [4.69, 9.17) is 5.26 Å². The van der Waals surface area contributed by atoms with E-state index < -0.39 is 0 Å². The van der Waals surface area contributed by atoms with Crippen LogP contribution in [-0.4, -0.2) is 37.6 Å². The molecule has 0 amide bonds. The third-order valence-corrected chi connectivity index (χ3v) is 2.49. The second-order valence-corrected chi connectivity index (χ2v) is 4.51. The Balaban J connectivity index is 3.60. The zero-order chi connectivity index (χ0) is 11.7. The summed E-state index contributed by atoms with van der Waals surface area (Å²) in [7, 11) is 2.13. The van der Waals surface area contributed by atoms with Gasteiger partial charge in [-0.3, -0.25) is 0 Å². The van der Waals surface area contributed by atoms with E-state index in [9.17, 15) is 0 Å². The summed E-state index contributed by atoms with van der Waals surface area (Å²) in [4.78, 5) is 2.31. The van der Waals surface area contributed by atoms with Crippen LogP contribution in [0.25, 0.3) is 0 Å². The molecule has 0 spiro atoms. The van der Waals surface area contributed by atoms with Gasteiger partial charge >= 0.3 is 0 Å². The second-order valence-electron chi connectivity index (χ2n) is 4.51. The smallest absolute Gasteiger partial charge is 0.0965 e. The van der Waals surface area contributed by atoms with Gasteiger partial charge in [-0.05, 0) is 38.9 Å². The molecule has 0 heterocycles. The number of hydrogen-bond acceptors (Lipinski definition) is 3. The second kappa shape index (κ2) is 8.70. The van der Waals surface area contributed by atoms with E-state index in [0.29, 0.717) is 0 Å². The standard InChI is InChI=1S/C12H25N3/c1-5-14-12(10-13)7-9-15(4)8-6-11(2)3/h11-12,14H,5-9H2,1-4H3. The highest BCUT2D eigenvalue weighted by molar-refractivity contribution is 4.89. The van der Waals surface area contributed by atoms with Gasteiger partial charge in [-0.25, -0.2) is 0 Å². The fourth-order valence-electron chi connectivity index (χ4n) is 1.40. The molecule has 0 fully saturated rings. The zero-order valence-corrected chi connectivity index (χ0v) is 10.6. The van der Waals surface area contributed by atoms with Crippen molar-refractivity contribution < 1.29 is 0 Å². The molecule has 0 rings (SSSR count). The summed E-state index contributed by atoms with van der Waals surface area (Å²) >= 11 is 0. The normalized spacial score (nSPS) is 13.1. The van der Waals surface area contributed by atoms with Gasteiger partial charge in [-0.2, -0.15) is 5.26 Å². The molecule has 0 bridgehead atoms. The van der Waals surface area contributed by atoms with Crippen LogP contribution in [0.1, 0.15) is 33.6 Å². The molecule has 1 atom stereocenters. The lowest BCUT2D eigenvalue weighted by Crippen LogP contribution is -2.32. The number of hydrogen-bond donors (Lipinski definition) is 1. The number of nitrogens with one attached hydrogen (secondary N) is 1. The minimum absolute atomic E-state index is 0.0106. The molecule has 0 aromatic carbocycles. The Morgan fingerprint density at radius 1 is 1.27 bits per heavy atom. The first-order valence-corrected chi connectivity index (χ1v) is 5.91. The van der Waals surface area contributed by atoms with Crippen molar-refractivity contribution in [3.05, 3.63) is 0 Å². The highest BCUT2D eigenvalue weighted by Gasteiger charge is 2.07.